The SMILES string of the molecule is CC(CC(=O)N1CCC(O)(Cn2cnc3c(C4CCCCCC(C5CCC(CC6CCCC6)C5)C4)n(C)nc3c2=O)CC1)c1ccccc1. The van der Waals surface area contributed by atoms with Crippen LogP contribution in [0.25, 0.3) is 11.0 Å². The first-order chi connectivity index (χ1) is 23.8. The highest BCUT2D eigenvalue weighted by atomic mass is 16.3. The average molecular weight is 670 g/mol. The molecule has 1 amide bonds. The molecule has 0 bridgehead atoms. The predicted octanol–water partition coefficient (Wildman–Crippen LogP) is 7.73. The molecule has 0 spiro atoms. The number of rotatable bonds is 9. The molecule has 3 saturated carbocycles. The van der Waals surface area contributed by atoms with E-state index in [0.29, 0.717) is 43.8 Å². The first kappa shape index (κ1) is 34.4. The summed E-state index contributed by atoms with van der Waals surface area (Å²) >= 11 is 0. The van der Waals surface area contributed by atoms with Gasteiger partial charge in [-0.05, 0) is 80.1 Å². The van der Waals surface area contributed by atoms with Crippen molar-refractivity contribution in [3.63, 3.8) is 0 Å². The minimum atomic E-state index is -1.07. The molecule has 4 aliphatic rings. The Kier molecular flexibility index (Phi) is 10.6. The number of fused-ring (bicyclic) bond motifs is 1. The number of benzene rings is 1. The van der Waals surface area contributed by atoms with Crippen molar-refractivity contribution in [2.24, 2.45) is 30.7 Å². The summed E-state index contributed by atoms with van der Waals surface area (Å²) in [5.74, 6) is 4.13. The molecule has 266 valence electrons. The van der Waals surface area contributed by atoms with Crippen LogP contribution in [0.4, 0.5) is 0 Å². The Morgan fingerprint density at radius 1 is 0.898 bits per heavy atom. The molecule has 1 saturated heterocycles. The van der Waals surface area contributed by atoms with E-state index in [1.807, 2.05) is 34.8 Å². The van der Waals surface area contributed by atoms with Gasteiger partial charge in [-0.2, -0.15) is 5.10 Å². The van der Waals surface area contributed by atoms with Gasteiger partial charge in [-0.1, -0.05) is 95.0 Å². The van der Waals surface area contributed by atoms with Crippen LogP contribution in [0.1, 0.15) is 139 Å². The minimum Gasteiger partial charge on any atom is -0.388 e. The molecule has 1 aliphatic heterocycles. The van der Waals surface area contributed by atoms with Gasteiger partial charge in [0.1, 0.15) is 5.52 Å². The van der Waals surface area contributed by atoms with Gasteiger partial charge in [-0.25, -0.2) is 4.98 Å². The molecule has 4 fully saturated rings. The lowest BCUT2D eigenvalue weighted by Gasteiger charge is -2.38. The van der Waals surface area contributed by atoms with Gasteiger partial charge in [-0.15, -0.1) is 0 Å². The fraction of sp³-hybridized carbons (Fsp3) is 0.707. The first-order valence-corrected chi connectivity index (χ1v) is 19.7. The van der Waals surface area contributed by atoms with E-state index in [-0.39, 0.29) is 23.9 Å². The molecule has 8 nitrogen and oxygen atoms in total. The largest absolute Gasteiger partial charge is 0.388 e. The van der Waals surface area contributed by atoms with E-state index >= 15 is 0 Å². The Balaban J connectivity index is 1.00. The monoisotopic (exact) mass is 669 g/mol. The summed E-state index contributed by atoms with van der Waals surface area (Å²) in [6.45, 7) is 3.22. The summed E-state index contributed by atoms with van der Waals surface area (Å²) in [6, 6.07) is 10.1. The van der Waals surface area contributed by atoms with E-state index in [4.69, 9.17) is 10.1 Å². The van der Waals surface area contributed by atoms with Gasteiger partial charge >= 0.3 is 0 Å². The van der Waals surface area contributed by atoms with E-state index in [9.17, 15) is 14.7 Å². The number of aliphatic hydroxyl groups is 1. The molecule has 3 aliphatic carbocycles. The first-order valence-electron chi connectivity index (χ1n) is 19.7. The Morgan fingerprint density at radius 3 is 2.39 bits per heavy atom. The van der Waals surface area contributed by atoms with Crippen LogP contribution in [0.3, 0.4) is 0 Å². The van der Waals surface area contributed by atoms with E-state index in [1.165, 1.54) is 83.5 Å². The summed E-state index contributed by atoms with van der Waals surface area (Å²) in [6.07, 6.45) is 22.0. The highest BCUT2D eigenvalue weighted by Crippen LogP contribution is 2.47. The van der Waals surface area contributed by atoms with Crippen molar-refractivity contribution in [1.82, 2.24) is 24.2 Å². The second-order valence-electron chi connectivity index (χ2n) is 16.7. The normalized spacial score (nSPS) is 27.3. The lowest BCUT2D eigenvalue weighted by atomic mass is 9.75. The van der Waals surface area contributed by atoms with Crippen LogP contribution in [-0.2, 0) is 18.4 Å². The van der Waals surface area contributed by atoms with Crippen molar-refractivity contribution in [1.29, 1.82) is 0 Å². The van der Waals surface area contributed by atoms with Crippen LogP contribution in [0.5, 0.6) is 0 Å². The number of aromatic nitrogens is 4. The molecule has 3 heterocycles. The Labute approximate surface area is 292 Å². The molecule has 7 rings (SSSR count). The van der Waals surface area contributed by atoms with Gasteiger partial charge < -0.3 is 10.0 Å². The van der Waals surface area contributed by atoms with E-state index in [2.05, 4.69) is 19.1 Å². The number of amides is 1. The van der Waals surface area contributed by atoms with Crippen molar-refractivity contribution < 1.29 is 9.90 Å². The third kappa shape index (κ3) is 7.84. The number of nitrogens with zero attached hydrogens (tertiary/aromatic N) is 5. The maximum absolute atomic E-state index is 13.9. The summed E-state index contributed by atoms with van der Waals surface area (Å²) < 4.78 is 3.50. The molecule has 0 radical (unpaired) electrons. The fourth-order valence-corrected chi connectivity index (χ4v) is 10.3. The third-order valence-corrected chi connectivity index (χ3v) is 13.2. The molecule has 49 heavy (non-hydrogen) atoms. The van der Waals surface area contributed by atoms with E-state index < -0.39 is 5.60 Å². The van der Waals surface area contributed by atoms with Crippen LogP contribution in [0, 0.1) is 23.7 Å². The topological polar surface area (TPSA) is 93.2 Å². The van der Waals surface area contributed by atoms with Crippen molar-refractivity contribution >= 4 is 16.9 Å². The molecule has 2 aromatic heterocycles. The van der Waals surface area contributed by atoms with E-state index in [1.54, 1.807) is 10.9 Å². The van der Waals surface area contributed by atoms with Crippen molar-refractivity contribution in [3.8, 4) is 0 Å². The molecule has 5 atom stereocenters. The Hall–Kier alpha value is -3.00. The average Bonchev–Trinajstić information content (AvgIpc) is 3.85. The maximum atomic E-state index is 13.9. The van der Waals surface area contributed by atoms with Crippen molar-refractivity contribution in [2.75, 3.05) is 13.1 Å². The maximum Gasteiger partial charge on any atom is 0.281 e. The summed E-state index contributed by atoms with van der Waals surface area (Å²) in [4.78, 5) is 33.7. The van der Waals surface area contributed by atoms with Crippen LogP contribution >= 0.6 is 0 Å². The second kappa shape index (κ2) is 15.1. The lowest BCUT2D eigenvalue weighted by molar-refractivity contribution is -0.136. The molecule has 1 N–H and O–H groups in total. The summed E-state index contributed by atoms with van der Waals surface area (Å²) in [5, 5.41) is 16.4. The van der Waals surface area contributed by atoms with Gasteiger partial charge in [0.2, 0.25) is 5.91 Å². The molecule has 3 aromatic rings. The summed E-state index contributed by atoms with van der Waals surface area (Å²) in [7, 11) is 1.99. The number of likely N-dealkylation sites (tertiary alicyclic amines) is 1. The van der Waals surface area contributed by atoms with Crippen LogP contribution in [0.15, 0.2) is 41.5 Å². The highest BCUT2D eigenvalue weighted by Gasteiger charge is 2.37. The fourth-order valence-electron chi connectivity index (χ4n) is 10.3. The number of carbonyl (C=O) groups excluding carboxylic acids is 1. The highest BCUT2D eigenvalue weighted by molar-refractivity contribution is 5.77. The van der Waals surface area contributed by atoms with Crippen LogP contribution in [0.2, 0.25) is 0 Å². The van der Waals surface area contributed by atoms with Gasteiger partial charge in [0.25, 0.3) is 5.56 Å². The number of piperidine rings is 1. The van der Waals surface area contributed by atoms with Crippen molar-refractivity contribution in [2.45, 2.75) is 140 Å². The molecule has 1 aromatic carbocycles. The standard InChI is InChI=1S/C41H59N5O3/c1-29(32-13-5-3-6-14-32)23-36(47)45-21-19-41(49,20-22-45)27-46-28-42-37-38(40(46)48)43-44(2)39(37)35-16-8-4-7-15-33(26-35)34-18-17-31(25-34)24-30-11-9-10-12-30/h3,5-6,13-14,28-31,33-35,49H,4,7-12,15-27H2,1-2H3. The van der Waals surface area contributed by atoms with Gasteiger partial charge in [0.15, 0.2) is 5.52 Å². The van der Waals surface area contributed by atoms with Crippen LogP contribution in [-0.4, -0.2) is 53.9 Å². The third-order valence-electron chi connectivity index (χ3n) is 13.2. The molecule has 5 unspecified atom stereocenters. The second-order valence-corrected chi connectivity index (χ2v) is 16.7. The minimum absolute atomic E-state index is 0.118. The Bertz CT molecular complexity index is 1620. The summed E-state index contributed by atoms with van der Waals surface area (Å²) in [5.41, 5.74) is 2.21. The Morgan fingerprint density at radius 2 is 1.61 bits per heavy atom. The molecular weight excluding hydrogens is 610 g/mol. The number of hydrogen-bond acceptors (Lipinski definition) is 5. The zero-order chi connectivity index (χ0) is 34.0. The zero-order valence-corrected chi connectivity index (χ0v) is 30.1. The molecular formula is C41H59N5O3. The van der Waals surface area contributed by atoms with Gasteiger partial charge in [-0.3, -0.25) is 18.8 Å². The lowest BCUT2D eigenvalue weighted by Crippen LogP contribution is -2.49. The van der Waals surface area contributed by atoms with Crippen molar-refractivity contribution in [3.05, 3.63) is 58.3 Å². The number of hydrogen-bond donors (Lipinski definition) is 1. The number of carbonyl (C=O) groups is 1. The van der Waals surface area contributed by atoms with E-state index in [0.717, 1.165) is 46.9 Å². The quantitative estimate of drug-likeness (QED) is 0.252. The van der Waals surface area contributed by atoms with Crippen LogP contribution < -0.4 is 5.56 Å². The smallest absolute Gasteiger partial charge is 0.281 e. The molecule has 8 heteroatoms. The number of aryl methyl sites for hydroxylation is 1. The zero-order valence-electron chi connectivity index (χ0n) is 30.1. The van der Waals surface area contributed by atoms with Gasteiger partial charge in [0.05, 0.1) is 24.2 Å². The van der Waals surface area contributed by atoms with Gasteiger partial charge in [0, 0.05) is 32.5 Å². The predicted molar refractivity (Wildman–Crippen MR) is 194 cm³/mol.